The van der Waals surface area contributed by atoms with Crippen LogP contribution in [-0.2, 0) is 6.42 Å². The maximum absolute atomic E-state index is 12.2. The zero-order chi connectivity index (χ0) is 15.3. The van der Waals surface area contributed by atoms with Crippen molar-refractivity contribution in [1.29, 1.82) is 0 Å². The molecule has 0 heterocycles. The first kappa shape index (κ1) is 17.1. The fourth-order valence-corrected chi connectivity index (χ4v) is 2.27. The summed E-state index contributed by atoms with van der Waals surface area (Å²) in [5, 5.41) is 0. The Kier molecular flexibility index (Phi) is 6.13. The highest BCUT2D eigenvalue weighted by Crippen LogP contribution is 2.38. The van der Waals surface area contributed by atoms with E-state index in [1.54, 1.807) is 19.1 Å². The first-order valence-corrected chi connectivity index (χ1v) is 6.92. The van der Waals surface area contributed by atoms with E-state index < -0.39 is 12.8 Å². The van der Waals surface area contributed by atoms with Gasteiger partial charge in [-0.2, -0.15) is 13.2 Å². The Morgan fingerprint density at radius 1 is 1.30 bits per heavy atom. The van der Waals surface area contributed by atoms with Crippen molar-refractivity contribution in [3.8, 4) is 11.5 Å². The Labute approximate surface area is 124 Å². The predicted molar refractivity (Wildman–Crippen MR) is 74.2 cm³/mol. The highest BCUT2D eigenvalue weighted by molar-refractivity contribution is 9.10. The summed E-state index contributed by atoms with van der Waals surface area (Å²) in [4.78, 5) is 0. The first-order chi connectivity index (χ1) is 9.23. The molecule has 0 amide bonds. The fraction of sp³-hybridized carbons (Fsp3) is 0.538. The quantitative estimate of drug-likeness (QED) is 0.846. The maximum Gasteiger partial charge on any atom is 0.422 e. The number of nitrogens with two attached hydrogens (primary N) is 1. The van der Waals surface area contributed by atoms with Crippen molar-refractivity contribution in [3.05, 3.63) is 22.2 Å². The van der Waals surface area contributed by atoms with Gasteiger partial charge >= 0.3 is 6.18 Å². The molecule has 0 aromatic heterocycles. The van der Waals surface area contributed by atoms with Gasteiger partial charge in [0.2, 0.25) is 0 Å². The lowest BCUT2D eigenvalue weighted by Crippen LogP contribution is -2.20. The van der Waals surface area contributed by atoms with Gasteiger partial charge in [0, 0.05) is 6.04 Å². The summed E-state index contributed by atoms with van der Waals surface area (Å²) in [6.07, 6.45) is -3.80. The van der Waals surface area contributed by atoms with Crippen molar-refractivity contribution in [2.75, 3.05) is 13.2 Å². The molecule has 0 bridgehead atoms. The van der Waals surface area contributed by atoms with Crippen LogP contribution in [0.5, 0.6) is 11.5 Å². The summed E-state index contributed by atoms with van der Waals surface area (Å²) in [5.74, 6) is 0.333. The van der Waals surface area contributed by atoms with Gasteiger partial charge in [-0.05, 0) is 53.9 Å². The first-order valence-electron chi connectivity index (χ1n) is 6.13. The molecule has 0 saturated heterocycles. The normalized spacial score (nSPS) is 13.2. The molecule has 3 nitrogen and oxygen atoms in total. The van der Waals surface area contributed by atoms with Gasteiger partial charge in [-0.15, -0.1) is 0 Å². The van der Waals surface area contributed by atoms with Crippen LogP contribution in [0.4, 0.5) is 13.2 Å². The average Bonchev–Trinajstić information content (AvgIpc) is 2.25. The van der Waals surface area contributed by atoms with E-state index in [9.17, 15) is 13.2 Å². The van der Waals surface area contributed by atoms with E-state index in [4.69, 9.17) is 15.2 Å². The number of benzene rings is 1. The van der Waals surface area contributed by atoms with Crippen LogP contribution >= 0.6 is 15.9 Å². The second-order valence-corrected chi connectivity index (χ2v) is 5.28. The van der Waals surface area contributed by atoms with Crippen LogP contribution in [0.3, 0.4) is 0 Å². The molecule has 0 aliphatic heterocycles. The van der Waals surface area contributed by atoms with Crippen LogP contribution in [0.15, 0.2) is 16.6 Å². The summed E-state index contributed by atoms with van der Waals surface area (Å²) in [6, 6.07) is 3.29. The van der Waals surface area contributed by atoms with Gasteiger partial charge < -0.3 is 15.2 Å². The van der Waals surface area contributed by atoms with Crippen molar-refractivity contribution in [2.24, 2.45) is 5.73 Å². The number of halogens is 4. The molecule has 1 aromatic rings. The van der Waals surface area contributed by atoms with E-state index in [2.05, 4.69) is 15.9 Å². The van der Waals surface area contributed by atoms with Gasteiger partial charge in [0.15, 0.2) is 18.1 Å². The summed E-state index contributed by atoms with van der Waals surface area (Å²) in [6.45, 7) is 2.57. The summed E-state index contributed by atoms with van der Waals surface area (Å²) < 4.78 is 47.3. The van der Waals surface area contributed by atoms with Gasteiger partial charge in [0.1, 0.15) is 0 Å². The molecule has 1 atom stereocenters. The highest BCUT2D eigenvalue weighted by atomic mass is 79.9. The van der Waals surface area contributed by atoms with Crippen LogP contribution in [0.25, 0.3) is 0 Å². The van der Waals surface area contributed by atoms with Crippen LogP contribution in [0.1, 0.15) is 19.4 Å². The minimum atomic E-state index is -4.40. The number of ether oxygens (including phenoxy) is 2. The second-order valence-electron chi connectivity index (χ2n) is 4.42. The fourth-order valence-electron chi connectivity index (χ4n) is 1.67. The van der Waals surface area contributed by atoms with Crippen molar-refractivity contribution >= 4 is 15.9 Å². The monoisotopic (exact) mass is 355 g/mol. The molecule has 1 unspecified atom stereocenters. The Morgan fingerprint density at radius 2 is 1.95 bits per heavy atom. The lowest BCUT2D eigenvalue weighted by Gasteiger charge is -2.17. The Morgan fingerprint density at radius 3 is 2.45 bits per heavy atom. The Balaban J connectivity index is 3.02. The van der Waals surface area contributed by atoms with Crippen molar-refractivity contribution in [3.63, 3.8) is 0 Å². The summed E-state index contributed by atoms with van der Waals surface area (Å²) in [5.41, 5.74) is 6.59. The molecule has 0 saturated carbocycles. The molecule has 7 heteroatoms. The third kappa shape index (κ3) is 5.58. The molecule has 1 rings (SSSR count). The Hall–Kier alpha value is -0.950. The number of hydrogen-bond acceptors (Lipinski definition) is 3. The standard InChI is InChI=1S/C13H17BrF3NO2/c1-3-19-11-6-9(4-8(2)18)5-10(14)12(11)20-7-13(15,16)17/h5-6,8H,3-4,7,18H2,1-2H3. The van der Waals surface area contributed by atoms with Crippen LogP contribution in [0.2, 0.25) is 0 Å². The molecular formula is C13H17BrF3NO2. The van der Waals surface area contributed by atoms with Crippen LogP contribution in [-0.4, -0.2) is 25.4 Å². The van der Waals surface area contributed by atoms with E-state index >= 15 is 0 Å². The summed E-state index contributed by atoms with van der Waals surface area (Å²) >= 11 is 3.21. The number of rotatable bonds is 6. The van der Waals surface area contributed by atoms with E-state index in [0.717, 1.165) is 5.56 Å². The molecule has 1 aromatic carbocycles. The van der Waals surface area contributed by atoms with E-state index in [-0.39, 0.29) is 17.5 Å². The highest BCUT2D eigenvalue weighted by Gasteiger charge is 2.29. The van der Waals surface area contributed by atoms with Crippen molar-refractivity contribution < 1.29 is 22.6 Å². The van der Waals surface area contributed by atoms with Gasteiger partial charge in [-0.25, -0.2) is 0 Å². The lowest BCUT2D eigenvalue weighted by atomic mass is 10.1. The maximum atomic E-state index is 12.2. The van der Waals surface area contributed by atoms with Crippen LogP contribution in [0, 0.1) is 0 Å². The van der Waals surface area contributed by atoms with Gasteiger partial charge in [0.25, 0.3) is 0 Å². The van der Waals surface area contributed by atoms with E-state index in [0.29, 0.717) is 17.5 Å². The second kappa shape index (κ2) is 7.17. The molecule has 0 fully saturated rings. The SMILES string of the molecule is CCOc1cc(CC(C)N)cc(Br)c1OCC(F)(F)F. The third-order valence-electron chi connectivity index (χ3n) is 2.31. The Bertz CT molecular complexity index is 450. The lowest BCUT2D eigenvalue weighted by molar-refractivity contribution is -0.153. The number of alkyl halides is 3. The molecule has 0 radical (unpaired) electrons. The molecule has 20 heavy (non-hydrogen) atoms. The van der Waals surface area contributed by atoms with Gasteiger partial charge in [-0.3, -0.25) is 0 Å². The zero-order valence-corrected chi connectivity index (χ0v) is 12.8. The predicted octanol–water partition coefficient (Wildman–Crippen LogP) is 3.68. The molecule has 0 spiro atoms. The van der Waals surface area contributed by atoms with Crippen molar-refractivity contribution in [1.82, 2.24) is 0 Å². The minimum absolute atomic E-state index is 0.0533. The molecule has 0 aliphatic carbocycles. The van der Waals surface area contributed by atoms with Crippen LogP contribution < -0.4 is 15.2 Å². The minimum Gasteiger partial charge on any atom is -0.490 e. The third-order valence-corrected chi connectivity index (χ3v) is 2.90. The topological polar surface area (TPSA) is 44.5 Å². The molecule has 2 N–H and O–H groups in total. The number of hydrogen-bond donors (Lipinski definition) is 1. The van der Waals surface area contributed by atoms with Crippen molar-refractivity contribution in [2.45, 2.75) is 32.5 Å². The average molecular weight is 356 g/mol. The molecule has 0 aliphatic rings. The molecule has 114 valence electrons. The van der Waals surface area contributed by atoms with E-state index in [1.807, 2.05) is 6.92 Å². The van der Waals surface area contributed by atoms with Gasteiger partial charge in [0.05, 0.1) is 11.1 Å². The molecular weight excluding hydrogens is 339 g/mol. The summed E-state index contributed by atoms with van der Waals surface area (Å²) in [7, 11) is 0. The van der Waals surface area contributed by atoms with Gasteiger partial charge in [-0.1, -0.05) is 0 Å². The van der Waals surface area contributed by atoms with E-state index in [1.165, 1.54) is 0 Å². The largest absolute Gasteiger partial charge is 0.490 e. The smallest absolute Gasteiger partial charge is 0.422 e. The zero-order valence-electron chi connectivity index (χ0n) is 11.3.